The molecule has 4 rings (SSSR count). The molecule has 0 spiro atoms. The first-order valence-corrected chi connectivity index (χ1v) is 9.05. The summed E-state index contributed by atoms with van der Waals surface area (Å²) in [7, 11) is 2.90. The Labute approximate surface area is 162 Å². The molecule has 10 heteroatoms. The molecule has 0 aliphatic rings. The average molecular weight is 394 g/mol. The Hall–Kier alpha value is -3.66. The third kappa shape index (κ3) is 2.99. The molecular weight excluding hydrogens is 380 g/mol. The van der Waals surface area contributed by atoms with Crippen molar-refractivity contribution < 1.29 is 4.79 Å². The number of fused-ring (bicyclic) bond motifs is 1. The fourth-order valence-electron chi connectivity index (χ4n) is 2.79. The van der Waals surface area contributed by atoms with Crippen LogP contribution in [0.15, 0.2) is 51.4 Å². The van der Waals surface area contributed by atoms with E-state index in [2.05, 4.69) is 19.9 Å². The van der Waals surface area contributed by atoms with Gasteiger partial charge in [-0.05, 0) is 35.8 Å². The zero-order chi connectivity index (χ0) is 19.8. The van der Waals surface area contributed by atoms with Crippen LogP contribution in [0, 0.1) is 0 Å². The molecule has 140 valence electrons. The lowest BCUT2D eigenvalue weighted by Gasteiger charge is -2.09. The number of benzene rings is 1. The molecule has 3 aromatic heterocycles. The van der Waals surface area contributed by atoms with Gasteiger partial charge in [0.15, 0.2) is 0 Å². The predicted molar refractivity (Wildman–Crippen MR) is 106 cm³/mol. The lowest BCUT2D eigenvalue weighted by molar-refractivity contribution is 0.102. The number of nitrogens with one attached hydrogen (secondary N) is 1. The van der Waals surface area contributed by atoms with Gasteiger partial charge in [0.2, 0.25) is 0 Å². The van der Waals surface area contributed by atoms with E-state index in [1.807, 2.05) is 17.5 Å². The standard InChI is InChI=1S/C18H14N6O3S/c1-23-15-12(17(26)24(2)18(23)27)7-8-13(20-15)16(25)19-11-5-3-10(4-6-11)14-9-28-22-21-14/h3-9H,1-2H3,(H,19,25). The van der Waals surface area contributed by atoms with Crippen LogP contribution < -0.4 is 16.6 Å². The topological polar surface area (TPSA) is 112 Å². The van der Waals surface area contributed by atoms with E-state index in [4.69, 9.17) is 0 Å². The molecule has 3 heterocycles. The summed E-state index contributed by atoms with van der Waals surface area (Å²) in [5, 5.41) is 8.85. The minimum absolute atomic E-state index is 0.100. The van der Waals surface area contributed by atoms with E-state index < -0.39 is 17.2 Å². The van der Waals surface area contributed by atoms with Gasteiger partial charge in [-0.15, -0.1) is 5.10 Å². The fraction of sp³-hybridized carbons (Fsp3) is 0.111. The maximum absolute atomic E-state index is 12.6. The highest BCUT2D eigenvalue weighted by atomic mass is 32.1. The second-order valence-electron chi connectivity index (χ2n) is 6.10. The number of pyridine rings is 1. The van der Waals surface area contributed by atoms with Gasteiger partial charge >= 0.3 is 5.69 Å². The van der Waals surface area contributed by atoms with Crippen LogP contribution in [0.5, 0.6) is 0 Å². The van der Waals surface area contributed by atoms with Gasteiger partial charge in [0.25, 0.3) is 11.5 Å². The molecule has 0 unspecified atom stereocenters. The Morgan fingerprint density at radius 3 is 2.46 bits per heavy atom. The predicted octanol–water partition coefficient (Wildman–Crippen LogP) is 1.40. The van der Waals surface area contributed by atoms with Crippen LogP contribution >= 0.6 is 11.5 Å². The second kappa shape index (κ2) is 6.82. The molecule has 4 aromatic rings. The maximum Gasteiger partial charge on any atom is 0.332 e. The summed E-state index contributed by atoms with van der Waals surface area (Å²) in [6.45, 7) is 0. The molecule has 0 saturated heterocycles. The Bertz CT molecular complexity index is 1310. The lowest BCUT2D eigenvalue weighted by Crippen LogP contribution is -2.37. The van der Waals surface area contributed by atoms with E-state index in [-0.39, 0.29) is 16.7 Å². The normalized spacial score (nSPS) is 10.9. The summed E-state index contributed by atoms with van der Waals surface area (Å²) in [5.41, 5.74) is 1.54. The van der Waals surface area contributed by atoms with Crippen molar-refractivity contribution in [1.82, 2.24) is 23.7 Å². The van der Waals surface area contributed by atoms with Crippen LogP contribution in [0.25, 0.3) is 22.3 Å². The van der Waals surface area contributed by atoms with Crippen LogP contribution in [0.3, 0.4) is 0 Å². The molecule has 0 bridgehead atoms. The van der Waals surface area contributed by atoms with Crippen LogP contribution in [-0.2, 0) is 14.1 Å². The summed E-state index contributed by atoms with van der Waals surface area (Å²) < 4.78 is 6.07. The van der Waals surface area contributed by atoms with E-state index in [1.54, 1.807) is 12.1 Å². The Morgan fingerprint density at radius 2 is 1.79 bits per heavy atom. The van der Waals surface area contributed by atoms with Gasteiger partial charge in [-0.3, -0.25) is 18.7 Å². The van der Waals surface area contributed by atoms with Gasteiger partial charge in [-0.1, -0.05) is 16.6 Å². The molecular formula is C18H14N6O3S. The summed E-state index contributed by atoms with van der Waals surface area (Å²) in [4.78, 5) is 41.1. The molecule has 0 fully saturated rings. The Morgan fingerprint density at radius 1 is 1.04 bits per heavy atom. The number of carbonyl (C=O) groups is 1. The number of carbonyl (C=O) groups excluding carboxylic acids is 1. The molecule has 1 N–H and O–H groups in total. The molecule has 0 aliphatic heterocycles. The third-order valence-electron chi connectivity index (χ3n) is 4.33. The first kappa shape index (κ1) is 17.7. The SMILES string of the molecule is Cn1c(=O)c2ccc(C(=O)Nc3ccc(-c4csnn4)cc3)nc2n(C)c1=O. The zero-order valence-electron chi connectivity index (χ0n) is 14.9. The number of hydrogen-bond donors (Lipinski definition) is 1. The maximum atomic E-state index is 12.6. The largest absolute Gasteiger partial charge is 0.332 e. The van der Waals surface area contributed by atoms with E-state index in [9.17, 15) is 14.4 Å². The molecule has 9 nitrogen and oxygen atoms in total. The molecule has 1 amide bonds. The van der Waals surface area contributed by atoms with Crippen LogP contribution in [0.1, 0.15) is 10.5 Å². The number of aryl methyl sites for hydroxylation is 1. The minimum Gasteiger partial charge on any atom is -0.321 e. The van der Waals surface area contributed by atoms with E-state index in [0.717, 1.165) is 15.8 Å². The van der Waals surface area contributed by atoms with Gasteiger partial charge in [-0.25, -0.2) is 9.78 Å². The molecule has 0 saturated carbocycles. The monoisotopic (exact) mass is 394 g/mol. The van der Waals surface area contributed by atoms with Gasteiger partial charge in [0.05, 0.1) is 5.39 Å². The summed E-state index contributed by atoms with van der Waals surface area (Å²) in [6.07, 6.45) is 0. The van der Waals surface area contributed by atoms with Crippen LogP contribution in [0.4, 0.5) is 5.69 Å². The summed E-state index contributed by atoms with van der Waals surface area (Å²) in [6, 6.07) is 10.1. The Balaban J connectivity index is 1.64. The highest BCUT2D eigenvalue weighted by Crippen LogP contribution is 2.20. The van der Waals surface area contributed by atoms with Gasteiger partial charge in [0, 0.05) is 30.7 Å². The van der Waals surface area contributed by atoms with E-state index in [0.29, 0.717) is 5.69 Å². The minimum atomic E-state index is -0.505. The molecule has 1 aromatic carbocycles. The van der Waals surface area contributed by atoms with Crippen molar-refractivity contribution in [3.05, 3.63) is 68.3 Å². The number of rotatable bonds is 3. The average Bonchev–Trinajstić information content (AvgIpc) is 3.25. The molecule has 28 heavy (non-hydrogen) atoms. The molecule has 0 atom stereocenters. The number of hydrogen-bond acceptors (Lipinski definition) is 7. The summed E-state index contributed by atoms with van der Waals surface area (Å²) in [5.74, 6) is -0.446. The van der Waals surface area contributed by atoms with Crippen molar-refractivity contribution in [3.63, 3.8) is 0 Å². The van der Waals surface area contributed by atoms with E-state index in [1.165, 1.54) is 42.3 Å². The lowest BCUT2D eigenvalue weighted by atomic mass is 10.1. The highest BCUT2D eigenvalue weighted by molar-refractivity contribution is 7.03. The fourth-order valence-corrected chi connectivity index (χ4v) is 3.26. The molecule has 0 aliphatic carbocycles. The van der Waals surface area contributed by atoms with E-state index >= 15 is 0 Å². The number of amides is 1. The smallest absolute Gasteiger partial charge is 0.321 e. The van der Waals surface area contributed by atoms with Crippen LogP contribution in [-0.4, -0.2) is 29.6 Å². The quantitative estimate of drug-likeness (QED) is 0.562. The number of anilines is 1. The van der Waals surface area contributed by atoms with Gasteiger partial charge in [-0.2, -0.15) is 0 Å². The van der Waals surface area contributed by atoms with Crippen molar-refractivity contribution in [2.75, 3.05) is 5.32 Å². The van der Waals surface area contributed by atoms with Crippen molar-refractivity contribution in [1.29, 1.82) is 0 Å². The van der Waals surface area contributed by atoms with Gasteiger partial charge in [0.1, 0.15) is 17.0 Å². The van der Waals surface area contributed by atoms with Crippen molar-refractivity contribution in [2.45, 2.75) is 0 Å². The van der Waals surface area contributed by atoms with Crippen molar-refractivity contribution >= 4 is 34.2 Å². The first-order chi connectivity index (χ1) is 13.5. The van der Waals surface area contributed by atoms with Crippen molar-refractivity contribution in [3.8, 4) is 11.3 Å². The Kier molecular flexibility index (Phi) is 4.32. The first-order valence-electron chi connectivity index (χ1n) is 8.21. The second-order valence-corrected chi connectivity index (χ2v) is 6.70. The summed E-state index contributed by atoms with van der Waals surface area (Å²) >= 11 is 1.26. The van der Waals surface area contributed by atoms with Gasteiger partial charge < -0.3 is 5.32 Å². The zero-order valence-corrected chi connectivity index (χ0v) is 15.7. The van der Waals surface area contributed by atoms with Crippen LogP contribution in [0.2, 0.25) is 0 Å². The highest BCUT2D eigenvalue weighted by Gasteiger charge is 2.14. The van der Waals surface area contributed by atoms with Crippen molar-refractivity contribution in [2.24, 2.45) is 14.1 Å². The number of nitrogens with zero attached hydrogens (tertiary/aromatic N) is 5. The third-order valence-corrected chi connectivity index (χ3v) is 4.84. The number of aromatic nitrogens is 5. The molecule has 0 radical (unpaired) electrons.